The Balaban J connectivity index is 1.96. The number of hydrogen-bond acceptors (Lipinski definition) is 3. The van der Waals surface area contributed by atoms with Crippen LogP contribution < -0.4 is 10.1 Å². The third-order valence-electron chi connectivity index (χ3n) is 2.35. The molecule has 1 atom stereocenters. The highest BCUT2D eigenvalue weighted by molar-refractivity contribution is 5.20. The molecule has 1 rings (SSSR count). The first-order valence-electron chi connectivity index (χ1n) is 5.92. The maximum absolute atomic E-state index is 9.25. The Kier molecular flexibility index (Phi) is 6.61. The summed E-state index contributed by atoms with van der Waals surface area (Å²) in [4.78, 5) is 0. The van der Waals surface area contributed by atoms with E-state index in [0.717, 1.165) is 38.2 Å². The van der Waals surface area contributed by atoms with Crippen molar-refractivity contribution >= 4 is 0 Å². The van der Waals surface area contributed by atoms with Gasteiger partial charge in [-0.15, -0.1) is 0 Å². The van der Waals surface area contributed by atoms with Crippen LogP contribution in [0.3, 0.4) is 0 Å². The van der Waals surface area contributed by atoms with Crippen molar-refractivity contribution in [3.63, 3.8) is 0 Å². The summed E-state index contributed by atoms with van der Waals surface area (Å²) in [5.74, 6) is 0.920. The molecule has 0 aliphatic carbocycles. The summed E-state index contributed by atoms with van der Waals surface area (Å²) >= 11 is 0. The zero-order valence-corrected chi connectivity index (χ0v) is 9.86. The monoisotopic (exact) mass is 223 g/mol. The van der Waals surface area contributed by atoms with Crippen molar-refractivity contribution in [1.29, 1.82) is 0 Å². The lowest BCUT2D eigenvalue weighted by atomic mass is 10.3. The minimum Gasteiger partial charge on any atom is -0.494 e. The van der Waals surface area contributed by atoms with E-state index in [1.54, 1.807) is 0 Å². The molecule has 16 heavy (non-hydrogen) atoms. The molecule has 0 bridgehead atoms. The molecule has 2 N–H and O–H groups in total. The normalized spacial score (nSPS) is 12.4. The van der Waals surface area contributed by atoms with Crippen LogP contribution in [-0.2, 0) is 0 Å². The summed E-state index contributed by atoms with van der Waals surface area (Å²) in [5.41, 5.74) is 0. The zero-order valence-electron chi connectivity index (χ0n) is 9.86. The van der Waals surface area contributed by atoms with Gasteiger partial charge in [0.2, 0.25) is 0 Å². The van der Waals surface area contributed by atoms with Crippen LogP contribution in [0.25, 0.3) is 0 Å². The molecule has 0 aromatic heterocycles. The first-order chi connectivity index (χ1) is 7.83. The Morgan fingerprint density at radius 3 is 2.69 bits per heavy atom. The second kappa shape index (κ2) is 8.13. The lowest BCUT2D eigenvalue weighted by Gasteiger charge is -2.10. The van der Waals surface area contributed by atoms with Crippen LogP contribution in [0.4, 0.5) is 0 Å². The molecule has 0 aliphatic heterocycles. The molecule has 0 spiro atoms. The minimum absolute atomic E-state index is 0.366. The predicted octanol–water partition coefficient (Wildman–Crippen LogP) is 2.16. The summed E-state index contributed by atoms with van der Waals surface area (Å²) in [6, 6.07) is 9.82. The van der Waals surface area contributed by atoms with Gasteiger partial charge in [0.05, 0.1) is 6.61 Å². The van der Waals surface area contributed by atoms with E-state index in [0.29, 0.717) is 0 Å². The number of unbranched alkanes of at least 4 members (excludes halogenated alkanes) is 1. The van der Waals surface area contributed by atoms with Crippen LogP contribution in [0.5, 0.6) is 5.75 Å². The SMILES string of the molecule is CCC(O)NCCCCOc1ccccc1. The second-order valence-corrected chi connectivity index (χ2v) is 3.75. The fourth-order valence-electron chi connectivity index (χ4n) is 1.35. The summed E-state index contributed by atoms with van der Waals surface area (Å²) in [5, 5.41) is 12.3. The topological polar surface area (TPSA) is 41.5 Å². The molecule has 3 nitrogen and oxygen atoms in total. The smallest absolute Gasteiger partial charge is 0.119 e. The summed E-state index contributed by atoms with van der Waals surface area (Å²) in [6.07, 6.45) is 2.40. The van der Waals surface area contributed by atoms with Gasteiger partial charge in [0, 0.05) is 0 Å². The highest BCUT2D eigenvalue weighted by atomic mass is 16.5. The van der Waals surface area contributed by atoms with E-state index < -0.39 is 0 Å². The summed E-state index contributed by atoms with van der Waals surface area (Å²) in [7, 11) is 0. The number of rotatable bonds is 8. The molecule has 90 valence electrons. The Bertz CT molecular complexity index is 264. The number of benzene rings is 1. The van der Waals surface area contributed by atoms with Crippen molar-refractivity contribution < 1.29 is 9.84 Å². The highest BCUT2D eigenvalue weighted by Gasteiger charge is 1.97. The van der Waals surface area contributed by atoms with Gasteiger partial charge in [-0.2, -0.15) is 0 Å². The molecule has 0 saturated carbocycles. The van der Waals surface area contributed by atoms with Crippen molar-refractivity contribution in [3.8, 4) is 5.75 Å². The lowest BCUT2D eigenvalue weighted by molar-refractivity contribution is 0.132. The van der Waals surface area contributed by atoms with E-state index in [9.17, 15) is 5.11 Å². The average Bonchev–Trinajstić information content (AvgIpc) is 2.34. The molecular formula is C13H21NO2. The third-order valence-corrected chi connectivity index (χ3v) is 2.35. The van der Waals surface area contributed by atoms with Gasteiger partial charge in [0.15, 0.2) is 0 Å². The maximum Gasteiger partial charge on any atom is 0.119 e. The first kappa shape index (κ1) is 13.0. The standard InChI is InChI=1S/C13H21NO2/c1-2-13(15)14-10-6-7-11-16-12-8-4-3-5-9-12/h3-5,8-9,13-15H,2,6-7,10-11H2,1H3. The van der Waals surface area contributed by atoms with E-state index in [1.165, 1.54) is 0 Å². The van der Waals surface area contributed by atoms with E-state index >= 15 is 0 Å². The van der Waals surface area contributed by atoms with Gasteiger partial charge in [-0.05, 0) is 37.9 Å². The van der Waals surface area contributed by atoms with Crippen molar-refractivity contribution in [1.82, 2.24) is 5.32 Å². The van der Waals surface area contributed by atoms with Gasteiger partial charge < -0.3 is 9.84 Å². The predicted molar refractivity (Wildman–Crippen MR) is 65.5 cm³/mol. The highest BCUT2D eigenvalue weighted by Crippen LogP contribution is 2.08. The minimum atomic E-state index is -0.366. The molecule has 0 radical (unpaired) electrons. The Labute approximate surface area is 97.4 Å². The third kappa shape index (κ3) is 5.73. The summed E-state index contributed by atoms with van der Waals surface area (Å²) in [6.45, 7) is 3.53. The average molecular weight is 223 g/mol. The van der Waals surface area contributed by atoms with E-state index in [-0.39, 0.29) is 6.23 Å². The number of hydrogen-bond donors (Lipinski definition) is 2. The van der Waals surface area contributed by atoms with Crippen LogP contribution >= 0.6 is 0 Å². The molecule has 0 aliphatic rings. The Morgan fingerprint density at radius 2 is 2.00 bits per heavy atom. The van der Waals surface area contributed by atoms with E-state index in [2.05, 4.69) is 5.32 Å². The van der Waals surface area contributed by atoms with E-state index in [1.807, 2.05) is 37.3 Å². The molecule has 0 heterocycles. The number of ether oxygens (including phenoxy) is 1. The van der Waals surface area contributed by atoms with Gasteiger partial charge >= 0.3 is 0 Å². The molecule has 1 aromatic rings. The van der Waals surface area contributed by atoms with Crippen LogP contribution in [0.2, 0.25) is 0 Å². The molecule has 0 amide bonds. The van der Waals surface area contributed by atoms with Crippen molar-refractivity contribution in [2.75, 3.05) is 13.2 Å². The van der Waals surface area contributed by atoms with Crippen molar-refractivity contribution in [3.05, 3.63) is 30.3 Å². The molecule has 1 aromatic carbocycles. The van der Waals surface area contributed by atoms with Gasteiger partial charge in [-0.3, -0.25) is 5.32 Å². The Hall–Kier alpha value is -1.06. The van der Waals surface area contributed by atoms with Crippen LogP contribution in [-0.4, -0.2) is 24.5 Å². The van der Waals surface area contributed by atoms with Gasteiger partial charge in [-0.1, -0.05) is 25.1 Å². The van der Waals surface area contributed by atoms with Gasteiger partial charge in [0.1, 0.15) is 12.0 Å². The molecule has 0 saturated heterocycles. The van der Waals surface area contributed by atoms with Crippen molar-refractivity contribution in [2.24, 2.45) is 0 Å². The van der Waals surface area contributed by atoms with Crippen molar-refractivity contribution in [2.45, 2.75) is 32.4 Å². The number of para-hydroxylation sites is 1. The quantitative estimate of drug-likeness (QED) is 0.524. The van der Waals surface area contributed by atoms with Crippen LogP contribution in [0.1, 0.15) is 26.2 Å². The number of nitrogens with one attached hydrogen (secondary N) is 1. The van der Waals surface area contributed by atoms with Gasteiger partial charge in [-0.25, -0.2) is 0 Å². The first-order valence-corrected chi connectivity index (χ1v) is 5.92. The second-order valence-electron chi connectivity index (χ2n) is 3.75. The largest absolute Gasteiger partial charge is 0.494 e. The fraction of sp³-hybridized carbons (Fsp3) is 0.538. The van der Waals surface area contributed by atoms with Crippen LogP contribution in [0, 0.1) is 0 Å². The Morgan fingerprint density at radius 1 is 1.25 bits per heavy atom. The molecule has 1 unspecified atom stereocenters. The van der Waals surface area contributed by atoms with E-state index in [4.69, 9.17) is 4.74 Å². The lowest BCUT2D eigenvalue weighted by Crippen LogP contribution is -2.28. The number of aliphatic hydroxyl groups is 1. The fourth-order valence-corrected chi connectivity index (χ4v) is 1.35. The van der Waals surface area contributed by atoms with Crippen LogP contribution in [0.15, 0.2) is 30.3 Å². The zero-order chi connectivity index (χ0) is 11.6. The summed E-state index contributed by atoms with van der Waals surface area (Å²) < 4.78 is 5.55. The number of aliphatic hydroxyl groups excluding tert-OH is 1. The maximum atomic E-state index is 9.25. The molecular weight excluding hydrogens is 202 g/mol. The molecule has 3 heteroatoms. The molecule has 0 fully saturated rings. The van der Waals surface area contributed by atoms with Gasteiger partial charge in [0.25, 0.3) is 0 Å².